The second kappa shape index (κ2) is 7.78. The van der Waals surface area contributed by atoms with E-state index in [9.17, 15) is 4.79 Å². The normalized spacial score (nSPS) is 17.7. The first-order valence-corrected chi connectivity index (χ1v) is 10.4. The molecule has 1 aliphatic heterocycles. The largest absolute Gasteiger partial charge is 0.372 e. The molecule has 1 aromatic heterocycles. The lowest BCUT2D eigenvalue weighted by Gasteiger charge is -2.19. The van der Waals surface area contributed by atoms with E-state index in [1.807, 2.05) is 6.07 Å². The molecule has 152 valence electrons. The Bertz CT molecular complexity index is 1090. The highest BCUT2D eigenvalue weighted by Gasteiger charge is 2.30. The van der Waals surface area contributed by atoms with Gasteiger partial charge in [0.15, 0.2) is 5.69 Å². The third-order valence-electron chi connectivity index (χ3n) is 5.96. The Hall–Kier alpha value is -3.41. The molecule has 1 aliphatic carbocycles. The maximum Gasteiger partial charge on any atom is 0.222 e. The number of nitrogens with zero attached hydrogens (tertiary/aromatic N) is 3. The number of anilines is 2. The second-order valence-electron chi connectivity index (χ2n) is 7.99. The summed E-state index contributed by atoms with van der Waals surface area (Å²) in [5, 5.41) is 10.7. The zero-order valence-electron chi connectivity index (χ0n) is 17.0. The van der Waals surface area contributed by atoms with Crippen molar-refractivity contribution < 1.29 is 9.42 Å². The number of fused-ring (bicyclic) bond motifs is 1. The first-order chi connectivity index (χ1) is 14.7. The number of hydrogen-bond acceptors (Lipinski definition) is 5. The third kappa shape index (κ3) is 3.49. The summed E-state index contributed by atoms with van der Waals surface area (Å²) in [4.78, 5) is 14.0. The first kappa shape index (κ1) is 18.6. The van der Waals surface area contributed by atoms with Crippen molar-refractivity contribution in [3.05, 3.63) is 70.9 Å². The molecular weight excluding hydrogens is 376 g/mol. The van der Waals surface area contributed by atoms with Gasteiger partial charge in [0, 0.05) is 31.6 Å². The van der Waals surface area contributed by atoms with Gasteiger partial charge in [-0.2, -0.15) is 0 Å². The van der Waals surface area contributed by atoms with E-state index in [1.165, 1.54) is 42.1 Å². The summed E-state index contributed by atoms with van der Waals surface area (Å²) in [6.45, 7) is 3.75. The van der Waals surface area contributed by atoms with E-state index in [0.29, 0.717) is 11.5 Å². The van der Waals surface area contributed by atoms with Crippen LogP contribution in [0.15, 0.2) is 53.2 Å². The Morgan fingerprint density at radius 3 is 2.63 bits per heavy atom. The molecule has 0 spiro atoms. The van der Waals surface area contributed by atoms with Gasteiger partial charge < -0.3 is 10.2 Å². The summed E-state index contributed by atoms with van der Waals surface area (Å²) in [7, 11) is 0. The van der Waals surface area contributed by atoms with Crippen LogP contribution in [-0.2, 0) is 11.2 Å². The van der Waals surface area contributed by atoms with Gasteiger partial charge in [0.25, 0.3) is 0 Å². The Labute approximate surface area is 175 Å². The third-order valence-corrected chi connectivity index (χ3v) is 5.96. The molecule has 30 heavy (non-hydrogen) atoms. The minimum absolute atomic E-state index is 0.123. The fourth-order valence-corrected chi connectivity index (χ4v) is 4.53. The molecule has 1 amide bonds. The standard InChI is InChI=1S/C24H24N4O2/c1-16(29)25-24-23(26-30-27-24)22-15-18-6-2-3-7-20(18)21(22)14-17-8-10-19(11-9-17)28-12-4-5-13-28/h2-3,6-11,15,21H,4-5,12-14H2,1H3,(H,25,27,29). The lowest BCUT2D eigenvalue weighted by Crippen LogP contribution is -2.17. The number of carbonyl (C=O) groups is 1. The first-order valence-electron chi connectivity index (χ1n) is 10.4. The molecular formula is C24H24N4O2. The minimum Gasteiger partial charge on any atom is -0.372 e. The Balaban J connectivity index is 1.45. The van der Waals surface area contributed by atoms with Crippen LogP contribution in [0.4, 0.5) is 11.5 Å². The predicted molar refractivity (Wildman–Crippen MR) is 117 cm³/mol. The van der Waals surface area contributed by atoms with Gasteiger partial charge in [-0.15, -0.1) is 0 Å². The van der Waals surface area contributed by atoms with Crippen molar-refractivity contribution in [2.45, 2.75) is 32.1 Å². The lowest BCUT2D eigenvalue weighted by atomic mass is 9.88. The van der Waals surface area contributed by atoms with Gasteiger partial charge >= 0.3 is 0 Å². The number of benzene rings is 2. The van der Waals surface area contributed by atoms with Crippen LogP contribution in [0.2, 0.25) is 0 Å². The molecule has 2 aromatic carbocycles. The van der Waals surface area contributed by atoms with Crippen LogP contribution in [0.3, 0.4) is 0 Å². The van der Waals surface area contributed by atoms with Gasteiger partial charge in [-0.1, -0.05) is 36.4 Å². The van der Waals surface area contributed by atoms with Crippen LogP contribution in [0.25, 0.3) is 11.6 Å². The molecule has 2 heterocycles. The van der Waals surface area contributed by atoms with Crippen molar-refractivity contribution >= 4 is 29.1 Å². The van der Waals surface area contributed by atoms with E-state index < -0.39 is 0 Å². The van der Waals surface area contributed by atoms with E-state index in [2.05, 4.69) is 69.1 Å². The van der Waals surface area contributed by atoms with Crippen molar-refractivity contribution in [1.82, 2.24) is 10.3 Å². The molecule has 0 radical (unpaired) electrons. The summed E-state index contributed by atoms with van der Waals surface area (Å²) in [5.41, 5.74) is 6.61. The molecule has 1 saturated heterocycles. The van der Waals surface area contributed by atoms with E-state index in [0.717, 1.165) is 25.1 Å². The molecule has 1 N–H and O–H groups in total. The van der Waals surface area contributed by atoms with Gasteiger partial charge in [-0.05, 0) is 70.0 Å². The topological polar surface area (TPSA) is 71.3 Å². The van der Waals surface area contributed by atoms with Crippen LogP contribution in [0, 0.1) is 0 Å². The molecule has 1 atom stereocenters. The molecule has 6 heteroatoms. The van der Waals surface area contributed by atoms with Crippen molar-refractivity contribution in [2.24, 2.45) is 0 Å². The smallest absolute Gasteiger partial charge is 0.222 e. The van der Waals surface area contributed by atoms with Gasteiger partial charge in [-0.25, -0.2) is 4.63 Å². The van der Waals surface area contributed by atoms with Crippen LogP contribution in [0.1, 0.15) is 48.1 Å². The van der Waals surface area contributed by atoms with Gasteiger partial charge in [0.05, 0.1) is 0 Å². The van der Waals surface area contributed by atoms with Gasteiger partial charge in [0.2, 0.25) is 11.7 Å². The molecule has 6 nitrogen and oxygen atoms in total. The average Bonchev–Trinajstić information content (AvgIpc) is 3.49. The van der Waals surface area contributed by atoms with Crippen LogP contribution in [0.5, 0.6) is 0 Å². The second-order valence-corrected chi connectivity index (χ2v) is 7.99. The van der Waals surface area contributed by atoms with Gasteiger partial charge in [0.1, 0.15) is 0 Å². The van der Waals surface area contributed by atoms with Crippen molar-refractivity contribution in [1.29, 1.82) is 0 Å². The highest BCUT2D eigenvalue weighted by molar-refractivity contribution is 5.96. The monoisotopic (exact) mass is 400 g/mol. The molecule has 3 aromatic rings. The molecule has 2 aliphatic rings. The number of allylic oxidation sites excluding steroid dienone is 1. The molecule has 0 saturated carbocycles. The molecule has 5 rings (SSSR count). The highest BCUT2D eigenvalue weighted by Crippen LogP contribution is 2.44. The summed E-state index contributed by atoms with van der Waals surface area (Å²) in [6, 6.07) is 17.3. The minimum atomic E-state index is -0.197. The van der Waals surface area contributed by atoms with E-state index >= 15 is 0 Å². The van der Waals surface area contributed by atoms with Crippen molar-refractivity contribution in [3.8, 4) is 0 Å². The van der Waals surface area contributed by atoms with Crippen molar-refractivity contribution in [2.75, 3.05) is 23.3 Å². The Morgan fingerprint density at radius 2 is 1.87 bits per heavy atom. The predicted octanol–water partition coefficient (Wildman–Crippen LogP) is 4.51. The molecule has 1 fully saturated rings. The number of hydrogen-bond donors (Lipinski definition) is 1. The quantitative estimate of drug-likeness (QED) is 0.682. The number of rotatable bonds is 5. The zero-order chi connectivity index (χ0) is 20.5. The lowest BCUT2D eigenvalue weighted by molar-refractivity contribution is -0.114. The van der Waals surface area contributed by atoms with Crippen LogP contribution >= 0.6 is 0 Å². The van der Waals surface area contributed by atoms with Gasteiger partial charge in [-0.3, -0.25) is 4.79 Å². The van der Waals surface area contributed by atoms with E-state index in [-0.39, 0.29) is 11.8 Å². The number of aromatic nitrogens is 2. The molecule has 0 bridgehead atoms. The summed E-state index contributed by atoms with van der Waals surface area (Å²) >= 11 is 0. The maximum atomic E-state index is 11.6. The summed E-state index contributed by atoms with van der Waals surface area (Å²) < 4.78 is 4.97. The summed E-state index contributed by atoms with van der Waals surface area (Å²) in [6.07, 6.45) is 5.52. The Kier molecular flexibility index (Phi) is 4.83. The Morgan fingerprint density at radius 1 is 1.10 bits per heavy atom. The van der Waals surface area contributed by atoms with E-state index in [4.69, 9.17) is 4.63 Å². The zero-order valence-corrected chi connectivity index (χ0v) is 17.0. The van der Waals surface area contributed by atoms with Crippen molar-refractivity contribution in [3.63, 3.8) is 0 Å². The fourth-order valence-electron chi connectivity index (χ4n) is 4.53. The number of nitrogens with one attached hydrogen (secondary N) is 1. The summed E-state index contributed by atoms with van der Waals surface area (Å²) in [5.74, 6) is 0.297. The number of carbonyl (C=O) groups excluding carboxylic acids is 1. The van der Waals surface area contributed by atoms with Crippen LogP contribution in [-0.4, -0.2) is 29.3 Å². The fraction of sp³-hybridized carbons (Fsp3) is 0.292. The SMILES string of the molecule is CC(=O)Nc1nonc1C1=Cc2ccccc2C1Cc1ccc(N2CCCC2)cc1. The number of amides is 1. The van der Waals surface area contributed by atoms with E-state index in [1.54, 1.807) is 0 Å². The highest BCUT2D eigenvalue weighted by atomic mass is 16.6. The average molecular weight is 400 g/mol. The molecule has 1 unspecified atom stereocenters. The maximum absolute atomic E-state index is 11.6. The van der Waals surface area contributed by atoms with Crippen LogP contribution < -0.4 is 10.2 Å².